The standard InChI is InChI=1S/C24H19ClN2O3S/c1-2-30-19-10-6-16(7-11-19)21-22(31-20-12-8-17(25)9-13-20)24(29)27(23(21)28)15-18-5-3-4-14-26-18/h3-14H,2,15H2,1H3. The number of nitrogens with zero attached hydrogens (tertiary/aromatic N) is 2. The molecule has 0 saturated heterocycles. The van der Waals surface area contributed by atoms with Crippen molar-refractivity contribution in [2.45, 2.75) is 18.4 Å². The molecule has 0 N–H and O–H groups in total. The minimum absolute atomic E-state index is 0.115. The molecule has 2 aromatic carbocycles. The van der Waals surface area contributed by atoms with E-state index in [2.05, 4.69) is 4.98 Å². The van der Waals surface area contributed by atoms with E-state index >= 15 is 0 Å². The molecule has 3 aromatic rings. The summed E-state index contributed by atoms with van der Waals surface area (Å²) in [6.07, 6.45) is 1.64. The van der Waals surface area contributed by atoms with Crippen molar-refractivity contribution < 1.29 is 14.3 Å². The molecule has 0 fully saturated rings. The summed E-state index contributed by atoms with van der Waals surface area (Å²) in [7, 11) is 0. The molecular formula is C24H19ClN2O3S. The fourth-order valence-electron chi connectivity index (χ4n) is 3.21. The minimum Gasteiger partial charge on any atom is -0.494 e. The first-order chi connectivity index (χ1) is 15.1. The number of ether oxygens (including phenoxy) is 1. The maximum Gasteiger partial charge on any atom is 0.268 e. The Bertz CT molecular complexity index is 1130. The van der Waals surface area contributed by atoms with E-state index in [1.165, 1.54) is 16.7 Å². The van der Waals surface area contributed by atoms with Crippen LogP contribution >= 0.6 is 23.4 Å². The molecule has 0 saturated carbocycles. The molecule has 0 atom stereocenters. The quantitative estimate of drug-likeness (QED) is 0.462. The molecule has 2 amide bonds. The summed E-state index contributed by atoms with van der Waals surface area (Å²) in [4.78, 5) is 33.3. The highest BCUT2D eigenvalue weighted by Gasteiger charge is 2.39. The number of hydrogen-bond acceptors (Lipinski definition) is 5. The Morgan fingerprint density at radius 2 is 1.71 bits per heavy atom. The molecule has 0 bridgehead atoms. The number of carbonyl (C=O) groups is 2. The number of imide groups is 1. The van der Waals surface area contributed by atoms with E-state index in [0.29, 0.717) is 39.1 Å². The maximum absolute atomic E-state index is 13.3. The summed E-state index contributed by atoms with van der Waals surface area (Å²) < 4.78 is 5.50. The number of carbonyl (C=O) groups excluding carboxylic acids is 2. The second-order valence-corrected chi connectivity index (χ2v) is 8.26. The van der Waals surface area contributed by atoms with Crippen molar-refractivity contribution in [2.24, 2.45) is 0 Å². The molecule has 156 valence electrons. The summed E-state index contributed by atoms with van der Waals surface area (Å²) in [5.74, 6) is 0.0385. The van der Waals surface area contributed by atoms with Gasteiger partial charge in [-0.2, -0.15) is 0 Å². The van der Waals surface area contributed by atoms with Gasteiger partial charge >= 0.3 is 0 Å². The topological polar surface area (TPSA) is 59.5 Å². The van der Waals surface area contributed by atoms with Crippen molar-refractivity contribution in [1.29, 1.82) is 0 Å². The van der Waals surface area contributed by atoms with Crippen LogP contribution in [-0.2, 0) is 16.1 Å². The van der Waals surface area contributed by atoms with Gasteiger partial charge in [0.1, 0.15) is 5.75 Å². The fraction of sp³-hybridized carbons (Fsp3) is 0.125. The maximum atomic E-state index is 13.3. The van der Waals surface area contributed by atoms with E-state index < -0.39 is 0 Å². The van der Waals surface area contributed by atoms with E-state index in [9.17, 15) is 9.59 Å². The molecular weight excluding hydrogens is 432 g/mol. The first-order valence-electron chi connectivity index (χ1n) is 9.74. The van der Waals surface area contributed by atoms with E-state index in [1.807, 2.05) is 25.1 Å². The number of pyridine rings is 1. The Morgan fingerprint density at radius 1 is 0.968 bits per heavy atom. The van der Waals surface area contributed by atoms with E-state index in [-0.39, 0.29) is 18.4 Å². The van der Waals surface area contributed by atoms with Gasteiger partial charge in [-0.05, 0) is 61.0 Å². The van der Waals surface area contributed by atoms with Crippen molar-refractivity contribution in [3.8, 4) is 5.75 Å². The SMILES string of the molecule is CCOc1ccc(C2=C(Sc3ccc(Cl)cc3)C(=O)N(Cc3ccccn3)C2=O)cc1. The lowest BCUT2D eigenvalue weighted by Crippen LogP contribution is -2.31. The number of amides is 2. The molecule has 5 nitrogen and oxygen atoms in total. The van der Waals surface area contributed by atoms with Gasteiger partial charge in [-0.1, -0.05) is 41.6 Å². The third-order valence-electron chi connectivity index (χ3n) is 4.66. The predicted octanol–water partition coefficient (Wildman–Crippen LogP) is 5.21. The number of benzene rings is 2. The highest BCUT2D eigenvalue weighted by atomic mass is 35.5. The Morgan fingerprint density at radius 3 is 2.35 bits per heavy atom. The summed E-state index contributed by atoms with van der Waals surface area (Å²) in [6.45, 7) is 2.57. The number of hydrogen-bond donors (Lipinski definition) is 0. The van der Waals surface area contributed by atoms with Crippen LogP contribution in [-0.4, -0.2) is 28.3 Å². The van der Waals surface area contributed by atoms with Crippen LogP contribution in [0.15, 0.2) is 82.7 Å². The van der Waals surface area contributed by atoms with E-state index in [1.54, 1.807) is 54.7 Å². The van der Waals surface area contributed by atoms with Gasteiger partial charge in [0.15, 0.2) is 0 Å². The first-order valence-corrected chi connectivity index (χ1v) is 10.9. The summed E-state index contributed by atoms with van der Waals surface area (Å²) in [5, 5.41) is 0.607. The zero-order chi connectivity index (χ0) is 21.8. The van der Waals surface area contributed by atoms with Gasteiger partial charge in [0.2, 0.25) is 0 Å². The van der Waals surface area contributed by atoms with Crippen LogP contribution in [0.25, 0.3) is 5.57 Å². The van der Waals surface area contributed by atoms with Crippen LogP contribution in [0.2, 0.25) is 5.02 Å². The molecule has 1 aliphatic rings. The molecule has 7 heteroatoms. The monoisotopic (exact) mass is 450 g/mol. The Labute approximate surface area is 189 Å². The van der Waals surface area contributed by atoms with Crippen LogP contribution < -0.4 is 4.74 Å². The zero-order valence-corrected chi connectivity index (χ0v) is 18.3. The lowest BCUT2D eigenvalue weighted by atomic mass is 10.1. The van der Waals surface area contributed by atoms with Crippen molar-refractivity contribution in [3.05, 3.63) is 94.1 Å². The lowest BCUT2D eigenvalue weighted by Gasteiger charge is -2.14. The third-order valence-corrected chi connectivity index (χ3v) is 6.00. The molecule has 31 heavy (non-hydrogen) atoms. The van der Waals surface area contributed by atoms with Gasteiger partial charge in [-0.3, -0.25) is 19.5 Å². The van der Waals surface area contributed by atoms with Crippen LogP contribution in [0.4, 0.5) is 0 Å². The highest BCUT2D eigenvalue weighted by Crippen LogP contribution is 2.40. The van der Waals surface area contributed by atoms with Crippen molar-refractivity contribution in [2.75, 3.05) is 6.61 Å². The van der Waals surface area contributed by atoms with Crippen molar-refractivity contribution in [1.82, 2.24) is 9.88 Å². The Balaban J connectivity index is 1.71. The predicted molar refractivity (Wildman–Crippen MR) is 122 cm³/mol. The fourth-order valence-corrected chi connectivity index (χ4v) is 4.34. The molecule has 1 aliphatic heterocycles. The molecule has 0 radical (unpaired) electrons. The first kappa shape index (κ1) is 21.2. The smallest absolute Gasteiger partial charge is 0.268 e. The number of rotatable bonds is 7. The largest absolute Gasteiger partial charge is 0.494 e. The molecule has 4 rings (SSSR count). The van der Waals surface area contributed by atoms with Crippen LogP contribution in [0, 0.1) is 0 Å². The number of thioether (sulfide) groups is 1. The summed E-state index contributed by atoms with van der Waals surface area (Å²) in [5.41, 5.74) is 1.69. The number of halogens is 1. The minimum atomic E-state index is -0.337. The van der Waals surface area contributed by atoms with Gasteiger partial charge < -0.3 is 4.74 Å². The molecule has 1 aromatic heterocycles. The molecule has 2 heterocycles. The average molecular weight is 451 g/mol. The van der Waals surface area contributed by atoms with Gasteiger partial charge in [-0.15, -0.1) is 0 Å². The van der Waals surface area contributed by atoms with Crippen LogP contribution in [0.5, 0.6) is 5.75 Å². The Hall–Kier alpha value is -3.09. The van der Waals surface area contributed by atoms with Crippen molar-refractivity contribution >= 4 is 40.8 Å². The molecule has 0 unspecified atom stereocenters. The van der Waals surface area contributed by atoms with Gasteiger partial charge in [0.05, 0.1) is 29.3 Å². The summed E-state index contributed by atoms with van der Waals surface area (Å²) >= 11 is 7.25. The van der Waals surface area contributed by atoms with E-state index in [0.717, 1.165) is 4.90 Å². The van der Waals surface area contributed by atoms with Crippen LogP contribution in [0.1, 0.15) is 18.2 Å². The summed E-state index contributed by atoms with van der Waals surface area (Å²) in [6, 6.07) is 19.8. The van der Waals surface area contributed by atoms with Gasteiger partial charge in [-0.25, -0.2) is 0 Å². The number of aromatic nitrogens is 1. The normalized spacial score (nSPS) is 13.8. The second kappa shape index (κ2) is 9.37. The van der Waals surface area contributed by atoms with Crippen LogP contribution in [0.3, 0.4) is 0 Å². The molecule has 0 spiro atoms. The zero-order valence-electron chi connectivity index (χ0n) is 16.7. The average Bonchev–Trinajstić information content (AvgIpc) is 3.01. The van der Waals surface area contributed by atoms with Crippen molar-refractivity contribution in [3.63, 3.8) is 0 Å². The van der Waals surface area contributed by atoms with Gasteiger partial charge in [0, 0.05) is 16.1 Å². The second-order valence-electron chi connectivity index (χ2n) is 6.74. The Kier molecular flexibility index (Phi) is 6.39. The lowest BCUT2D eigenvalue weighted by molar-refractivity contribution is -0.137. The van der Waals surface area contributed by atoms with Gasteiger partial charge in [0.25, 0.3) is 11.8 Å². The highest BCUT2D eigenvalue weighted by molar-refractivity contribution is 8.04. The van der Waals surface area contributed by atoms with E-state index in [4.69, 9.17) is 16.3 Å². The third kappa shape index (κ3) is 4.65. The molecule has 0 aliphatic carbocycles.